The zero-order valence-electron chi connectivity index (χ0n) is 11.6. The lowest BCUT2D eigenvalue weighted by atomic mass is 9.98. The summed E-state index contributed by atoms with van der Waals surface area (Å²) in [5.74, 6) is 0. The van der Waals surface area contributed by atoms with Crippen molar-refractivity contribution >= 4 is 0 Å². The van der Waals surface area contributed by atoms with Gasteiger partial charge in [0, 0.05) is 32.8 Å². The Morgan fingerprint density at radius 1 is 1.39 bits per heavy atom. The molecule has 3 atom stereocenters. The van der Waals surface area contributed by atoms with Crippen molar-refractivity contribution in [2.75, 3.05) is 33.4 Å². The molecule has 4 heteroatoms. The third-order valence-corrected chi connectivity index (χ3v) is 4.39. The van der Waals surface area contributed by atoms with Gasteiger partial charge in [0.05, 0.1) is 12.2 Å². The summed E-state index contributed by atoms with van der Waals surface area (Å²) in [5, 5.41) is 0. The van der Waals surface area contributed by atoms with Gasteiger partial charge in [-0.05, 0) is 45.1 Å². The van der Waals surface area contributed by atoms with E-state index >= 15 is 0 Å². The lowest BCUT2D eigenvalue weighted by Gasteiger charge is -2.38. The normalized spacial score (nSPS) is 34.0. The Morgan fingerprint density at radius 2 is 2.28 bits per heavy atom. The van der Waals surface area contributed by atoms with Crippen molar-refractivity contribution in [3.63, 3.8) is 0 Å². The number of likely N-dealkylation sites (tertiary alicyclic amines) is 1. The zero-order chi connectivity index (χ0) is 12.8. The molecule has 0 aliphatic carbocycles. The minimum absolute atomic E-state index is 0.410. The Morgan fingerprint density at radius 3 is 2.94 bits per heavy atom. The predicted molar refractivity (Wildman–Crippen MR) is 72.7 cm³/mol. The number of hydrogen-bond acceptors (Lipinski definition) is 4. The van der Waals surface area contributed by atoms with Gasteiger partial charge in [0.1, 0.15) is 0 Å². The van der Waals surface area contributed by atoms with Crippen molar-refractivity contribution in [1.82, 2.24) is 4.90 Å². The smallest absolute Gasteiger partial charge is 0.0599 e. The highest BCUT2D eigenvalue weighted by atomic mass is 16.5. The van der Waals surface area contributed by atoms with Crippen LogP contribution in [0.2, 0.25) is 0 Å². The van der Waals surface area contributed by atoms with Gasteiger partial charge in [-0.2, -0.15) is 0 Å². The maximum absolute atomic E-state index is 5.88. The SMILES string of the molecule is COC1CCN(CCCC2CCCO2)C(CN)C1. The molecule has 2 rings (SSSR count). The number of nitrogens with two attached hydrogens (primary N) is 1. The van der Waals surface area contributed by atoms with E-state index in [0.29, 0.717) is 18.2 Å². The van der Waals surface area contributed by atoms with E-state index < -0.39 is 0 Å². The van der Waals surface area contributed by atoms with E-state index in [4.69, 9.17) is 15.2 Å². The fourth-order valence-corrected chi connectivity index (χ4v) is 3.21. The third-order valence-electron chi connectivity index (χ3n) is 4.39. The summed E-state index contributed by atoms with van der Waals surface area (Å²) in [6.45, 7) is 4.01. The van der Waals surface area contributed by atoms with Crippen LogP contribution < -0.4 is 5.73 Å². The standard InChI is InChI=1S/C14H28N2O2/c1-17-14-6-8-16(12(10-14)11-15)7-2-4-13-5-3-9-18-13/h12-14H,2-11,15H2,1H3. The second-order valence-corrected chi connectivity index (χ2v) is 5.58. The molecule has 2 fully saturated rings. The second-order valence-electron chi connectivity index (χ2n) is 5.58. The minimum Gasteiger partial charge on any atom is -0.381 e. The number of nitrogens with zero attached hydrogens (tertiary/aromatic N) is 1. The molecule has 2 heterocycles. The van der Waals surface area contributed by atoms with Crippen LogP contribution in [0.5, 0.6) is 0 Å². The second kappa shape index (κ2) is 7.43. The van der Waals surface area contributed by atoms with Crippen LogP contribution in [0.3, 0.4) is 0 Å². The highest BCUT2D eigenvalue weighted by Crippen LogP contribution is 2.21. The van der Waals surface area contributed by atoms with Gasteiger partial charge in [-0.15, -0.1) is 0 Å². The Bertz CT molecular complexity index is 232. The first-order valence-electron chi connectivity index (χ1n) is 7.42. The Balaban J connectivity index is 1.67. The average molecular weight is 256 g/mol. The first kappa shape index (κ1) is 14.3. The predicted octanol–water partition coefficient (Wildman–Crippen LogP) is 1.38. The molecular weight excluding hydrogens is 228 g/mol. The van der Waals surface area contributed by atoms with Crippen molar-refractivity contribution in [3.8, 4) is 0 Å². The molecule has 4 nitrogen and oxygen atoms in total. The Hall–Kier alpha value is -0.160. The largest absolute Gasteiger partial charge is 0.381 e. The van der Waals surface area contributed by atoms with Crippen molar-refractivity contribution in [1.29, 1.82) is 0 Å². The quantitative estimate of drug-likeness (QED) is 0.780. The number of hydrogen-bond donors (Lipinski definition) is 1. The lowest BCUT2D eigenvalue weighted by Crippen LogP contribution is -2.48. The van der Waals surface area contributed by atoms with Gasteiger partial charge in [0.25, 0.3) is 0 Å². The van der Waals surface area contributed by atoms with Crippen molar-refractivity contribution in [3.05, 3.63) is 0 Å². The zero-order valence-corrected chi connectivity index (χ0v) is 11.6. The molecule has 0 saturated carbocycles. The molecule has 2 aliphatic rings. The highest BCUT2D eigenvalue weighted by Gasteiger charge is 2.27. The first-order valence-corrected chi connectivity index (χ1v) is 7.42. The summed E-state index contributed by atoms with van der Waals surface area (Å²) in [6, 6.07) is 0.508. The van der Waals surface area contributed by atoms with Crippen LogP contribution in [0.15, 0.2) is 0 Å². The maximum atomic E-state index is 5.88. The summed E-state index contributed by atoms with van der Waals surface area (Å²) in [4.78, 5) is 2.55. The van der Waals surface area contributed by atoms with Crippen LogP contribution in [0.4, 0.5) is 0 Å². The summed E-state index contributed by atoms with van der Waals surface area (Å²) < 4.78 is 11.1. The monoisotopic (exact) mass is 256 g/mol. The minimum atomic E-state index is 0.410. The van der Waals surface area contributed by atoms with Gasteiger partial charge in [-0.3, -0.25) is 4.90 Å². The molecule has 0 aromatic heterocycles. The van der Waals surface area contributed by atoms with Crippen molar-refractivity contribution in [2.45, 2.75) is 56.8 Å². The molecule has 2 N–H and O–H groups in total. The summed E-state index contributed by atoms with van der Waals surface area (Å²) in [5.41, 5.74) is 5.88. The third kappa shape index (κ3) is 3.92. The van der Waals surface area contributed by atoms with Crippen molar-refractivity contribution in [2.24, 2.45) is 5.73 Å². The van der Waals surface area contributed by atoms with Gasteiger partial charge in [-0.25, -0.2) is 0 Å². The molecule has 2 saturated heterocycles. The van der Waals surface area contributed by atoms with E-state index in [9.17, 15) is 0 Å². The topological polar surface area (TPSA) is 47.7 Å². The molecule has 0 amide bonds. The Kier molecular flexibility index (Phi) is 5.89. The lowest BCUT2D eigenvalue weighted by molar-refractivity contribution is 0.0110. The number of piperidine rings is 1. The van der Waals surface area contributed by atoms with E-state index in [-0.39, 0.29) is 0 Å². The molecule has 0 aromatic carbocycles. The van der Waals surface area contributed by atoms with Crippen molar-refractivity contribution < 1.29 is 9.47 Å². The Labute approximate surface area is 111 Å². The van der Waals surface area contributed by atoms with E-state index in [0.717, 1.165) is 39.1 Å². The van der Waals surface area contributed by atoms with Gasteiger partial charge in [0.2, 0.25) is 0 Å². The van der Waals surface area contributed by atoms with Gasteiger partial charge in [0.15, 0.2) is 0 Å². The van der Waals surface area contributed by atoms with Gasteiger partial charge in [-0.1, -0.05) is 0 Å². The van der Waals surface area contributed by atoms with E-state index in [1.54, 1.807) is 0 Å². The van der Waals surface area contributed by atoms with Crippen LogP contribution in [-0.2, 0) is 9.47 Å². The average Bonchev–Trinajstić information content (AvgIpc) is 2.92. The van der Waals surface area contributed by atoms with Crippen LogP contribution in [0.25, 0.3) is 0 Å². The van der Waals surface area contributed by atoms with Crippen LogP contribution in [0.1, 0.15) is 38.5 Å². The van der Waals surface area contributed by atoms with E-state index in [1.165, 1.54) is 25.7 Å². The summed E-state index contributed by atoms with van der Waals surface area (Å²) in [7, 11) is 1.81. The number of ether oxygens (including phenoxy) is 2. The van der Waals surface area contributed by atoms with E-state index in [1.807, 2.05) is 7.11 Å². The summed E-state index contributed by atoms with van der Waals surface area (Å²) in [6.07, 6.45) is 8.12. The molecule has 0 spiro atoms. The van der Waals surface area contributed by atoms with Crippen LogP contribution in [0, 0.1) is 0 Å². The maximum Gasteiger partial charge on any atom is 0.0599 e. The molecule has 3 unspecified atom stereocenters. The highest BCUT2D eigenvalue weighted by molar-refractivity contribution is 4.83. The van der Waals surface area contributed by atoms with Crippen LogP contribution in [-0.4, -0.2) is 56.5 Å². The van der Waals surface area contributed by atoms with Gasteiger partial charge < -0.3 is 15.2 Å². The van der Waals surface area contributed by atoms with Gasteiger partial charge >= 0.3 is 0 Å². The molecule has 0 bridgehead atoms. The molecule has 0 radical (unpaired) electrons. The van der Waals surface area contributed by atoms with Crippen LogP contribution >= 0.6 is 0 Å². The number of methoxy groups -OCH3 is 1. The number of rotatable bonds is 6. The molecule has 18 heavy (non-hydrogen) atoms. The molecule has 2 aliphatic heterocycles. The first-order chi connectivity index (χ1) is 8.83. The fourth-order valence-electron chi connectivity index (χ4n) is 3.21. The molecular formula is C14H28N2O2. The fraction of sp³-hybridized carbons (Fsp3) is 1.00. The summed E-state index contributed by atoms with van der Waals surface area (Å²) >= 11 is 0. The van der Waals surface area contributed by atoms with E-state index in [2.05, 4.69) is 4.90 Å². The molecule has 106 valence electrons. The molecule has 0 aromatic rings.